The number of nitrogens with zero attached hydrogens (tertiary/aromatic N) is 2. The van der Waals surface area contributed by atoms with Crippen LogP contribution in [0.3, 0.4) is 0 Å². The predicted octanol–water partition coefficient (Wildman–Crippen LogP) is 2.19. The molecule has 0 amide bonds. The van der Waals surface area contributed by atoms with E-state index in [0.717, 1.165) is 24.7 Å². The highest BCUT2D eigenvalue weighted by molar-refractivity contribution is 5.15. The minimum Gasteiger partial charge on any atom is -0.467 e. The molecule has 86 valence electrons. The van der Waals surface area contributed by atoms with Crippen LogP contribution >= 0.6 is 0 Å². The molecule has 0 saturated carbocycles. The number of nitrogens with one attached hydrogen (secondary N) is 1. The Kier molecular flexibility index (Phi) is 3.41. The van der Waals surface area contributed by atoms with Gasteiger partial charge < -0.3 is 14.3 Å². The number of furan rings is 1. The van der Waals surface area contributed by atoms with E-state index in [1.54, 1.807) is 6.26 Å². The van der Waals surface area contributed by atoms with Crippen molar-refractivity contribution in [2.24, 2.45) is 0 Å². The van der Waals surface area contributed by atoms with Crippen molar-refractivity contribution in [1.82, 2.24) is 14.9 Å². The molecule has 2 rings (SSSR count). The SMILES string of the molecule is CCNC(c1ccco1)c1nccn1CC. The van der Waals surface area contributed by atoms with Crippen LogP contribution in [0.1, 0.15) is 31.5 Å². The van der Waals surface area contributed by atoms with Gasteiger partial charge >= 0.3 is 0 Å². The van der Waals surface area contributed by atoms with Gasteiger partial charge in [0.2, 0.25) is 0 Å². The van der Waals surface area contributed by atoms with Gasteiger partial charge in [-0.2, -0.15) is 0 Å². The molecular weight excluding hydrogens is 202 g/mol. The van der Waals surface area contributed by atoms with Gasteiger partial charge in [0, 0.05) is 18.9 Å². The second kappa shape index (κ2) is 4.99. The second-order valence-electron chi connectivity index (χ2n) is 3.58. The van der Waals surface area contributed by atoms with E-state index < -0.39 is 0 Å². The third kappa shape index (κ3) is 2.02. The zero-order valence-electron chi connectivity index (χ0n) is 9.68. The summed E-state index contributed by atoms with van der Waals surface area (Å²) in [6, 6.07) is 3.91. The third-order valence-corrected chi connectivity index (χ3v) is 2.58. The zero-order chi connectivity index (χ0) is 11.4. The standard InChI is InChI=1S/C12H17N3O/c1-3-13-11(10-6-5-9-16-10)12-14-7-8-15(12)4-2/h5-9,11,13H,3-4H2,1-2H3. The first-order chi connectivity index (χ1) is 7.86. The predicted molar refractivity (Wildman–Crippen MR) is 62.1 cm³/mol. The maximum absolute atomic E-state index is 5.46. The molecule has 4 heteroatoms. The molecule has 0 aliphatic carbocycles. The first kappa shape index (κ1) is 11.0. The van der Waals surface area contributed by atoms with Crippen LogP contribution in [0.25, 0.3) is 0 Å². The number of hydrogen-bond donors (Lipinski definition) is 1. The summed E-state index contributed by atoms with van der Waals surface area (Å²) in [5.74, 6) is 1.90. The molecule has 0 aromatic carbocycles. The van der Waals surface area contributed by atoms with E-state index in [-0.39, 0.29) is 6.04 Å². The molecule has 0 aliphatic heterocycles. The Bertz CT molecular complexity index is 419. The summed E-state index contributed by atoms with van der Waals surface area (Å²) in [6.45, 7) is 5.98. The van der Waals surface area contributed by atoms with E-state index in [0.29, 0.717) is 0 Å². The molecule has 0 fully saturated rings. The van der Waals surface area contributed by atoms with Gasteiger partial charge in [-0.1, -0.05) is 6.92 Å². The van der Waals surface area contributed by atoms with Crippen molar-refractivity contribution < 1.29 is 4.42 Å². The third-order valence-electron chi connectivity index (χ3n) is 2.58. The van der Waals surface area contributed by atoms with Gasteiger partial charge in [-0.05, 0) is 25.6 Å². The van der Waals surface area contributed by atoms with Crippen LogP contribution in [0.4, 0.5) is 0 Å². The molecule has 2 aromatic rings. The highest BCUT2D eigenvalue weighted by Gasteiger charge is 2.19. The van der Waals surface area contributed by atoms with Crippen molar-refractivity contribution >= 4 is 0 Å². The average Bonchev–Trinajstić information content (AvgIpc) is 2.96. The molecule has 0 aliphatic rings. The molecule has 0 bridgehead atoms. The highest BCUT2D eigenvalue weighted by atomic mass is 16.3. The molecule has 1 unspecified atom stereocenters. The quantitative estimate of drug-likeness (QED) is 0.838. The monoisotopic (exact) mass is 219 g/mol. The van der Waals surface area contributed by atoms with E-state index in [1.807, 2.05) is 24.5 Å². The number of hydrogen-bond acceptors (Lipinski definition) is 3. The van der Waals surface area contributed by atoms with Crippen LogP contribution in [0.15, 0.2) is 35.2 Å². The van der Waals surface area contributed by atoms with E-state index >= 15 is 0 Å². The maximum Gasteiger partial charge on any atom is 0.133 e. The Morgan fingerprint density at radius 3 is 3.00 bits per heavy atom. The molecule has 16 heavy (non-hydrogen) atoms. The summed E-state index contributed by atoms with van der Waals surface area (Å²) in [4.78, 5) is 4.40. The lowest BCUT2D eigenvalue weighted by atomic mass is 10.2. The van der Waals surface area contributed by atoms with Gasteiger partial charge in [-0.25, -0.2) is 4.98 Å². The summed E-state index contributed by atoms with van der Waals surface area (Å²) in [5, 5.41) is 3.39. The molecule has 1 atom stereocenters. The Labute approximate surface area is 95.3 Å². The molecule has 2 aromatic heterocycles. The lowest BCUT2D eigenvalue weighted by molar-refractivity contribution is 0.432. The van der Waals surface area contributed by atoms with Crippen molar-refractivity contribution in [3.8, 4) is 0 Å². The van der Waals surface area contributed by atoms with E-state index in [1.165, 1.54) is 0 Å². The summed E-state index contributed by atoms with van der Waals surface area (Å²) in [6.07, 6.45) is 5.51. The molecule has 4 nitrogen and oxygen atoms in total. The van der Waals surface area contributed by atoms with Gasteiger partial charge in [-0.15, -0.1) is 0 Å². The van der Waals surface area contributed by atoms with E-state index in [2.05, 4.69) is 28.7 Å². The average molecular weight is 219 g/mol. The molecule has 0 spiro atoms. The summed E-state index contributed by atoms with van der Waals surface area (Å²) < 4.78 is 7.58. The van der Waals surface area contributed by atoms with Crippen molar-refractivity contribution in [2.75, 3.05) is 6.54 Å². The smallest absolute Gasteiger partial charge is 0.133 e. The largest absolute Gasteiger partial charge is 0.467 e. The minimum atomic E-state index is 0.0370. The lowest BCUT2D eigenvalue weighted by Gasteiger charge is -2.16. The first-order valence-electron chi connectivity index (χ1n) is 5.64. The zero-order valence-corrected chi connectivity index (χ0v) is 9.68. The van der Waals surface area contributed by atoms with Crippen LogP contribution in [-0.2, 0) is 6.54 Å². The van der Waals surface area contributed by atoms with Crippen LogP contribution in [0.2, 0.25) is 0 Å². The maximum atomic E-state index is 5.46. The highest BCUT2D eigenvalue weighted by Crippen LogP contribution is 2.20. The number of aromatic nitrogens is 2. The number of imidazole rings is 1. The van der Waals surface area contributed by atoms with Gasteiger partial charge in [0.15, 0.2) is 0 Å². The summed E-state index contributed by atoms with van der Waals surface area (Å²) in [5.41, 5.74) is 0. The Balaban J connectivity index is 2.33. The van der Waals surface area contributed by atoms with Gasteiger partial charge in [-0.3, -0.25) is 0 Å². The second-order valence-corrected chi connectivity index (χ2v) is 3.58. The Morgan fingerprint density at radius 1 is 1.50 bits per heavy atom. The fourth-order valence-electron chi connectivity index (χ4n) is 1.83. The van der Waals surface area contributed by atoms with Gasteiger partial charge in [0.1, 0.15) is 17.6 Å². The van der Waals surface area contributed by atoms with E-state index in [4.69, 9.17) is 4.42 Å². The Morgan fingerprint density at radius 2 is 2.38 bits per heavy atom. The van der Waals surface area contributed by atoms with Crippen LogP contribution < -0.4 is 5.32 Å². The van der Waals surface area contributed by atoms with E-state index in [9.17, 15) is 0 Å². The fraction of sp³-hybridized carbons (Fsp3) is 0.417. The number of rotatable bonds is 5. The van der Waals surface area contributed by atoms with Crippen molar-refractivity contribution in [3.63, 3.8) is 0 Å². The van der Waals surface area contributed by atoms with Crippen LogP contribution in [0, 0.1) is 0 Å². The van der Waals surface area contributed by atoms with Crippen molar-refractivity contribution in [1.29, 1.82) is 0 Å². The molecule has 0 saturated heterocycles. The molecule has 0 radical (unpaired) electrons. The normalized spacial score (nSPS) is 12.9. The van der Waals surface area contributed by atoms with Crippen molar-refractivity contribution in [3.05, 3.63) is 42.4 Å². The fourth-order valence-corrected chi connectivity index (χ4v) is 1.83. The molecule has 2 heterocycles. The Hall–Kier alpha value is -1.55. The first-order valence-corrected chi connectivity index (χ1v) is 5.64. The van der Waals surface area contributed by atoms with Crippen LogP contribution in [0.5, 0.6) is 0 Å². The number of aryl methyl sites for hydroxylation is 1. The van der Waals surface area contributed by atoms with Gasteiger partial charge in [0.05, 0.1) is 6.26 Å². The summed E-state index contributed by atoms with van der Waals surface area (Å²) >= 11 is 0. The lowest BCUT2D eigenvalue weighted by Crippen LogP contribution is -2.24. The topological polar surface area (TPSA) is 43.0 Å². The van der Waals surface area contributed by atoms with Crippen molar-refractivity contribution in [2.45, 2.75) is 26.4 Å². The summed E-state index contributed by atoms with van der Waals surface area (Å²) in [7, 11) is 0. The van der Waals surface area contributed by atoms with Gasteiger partial charge in [0.25, 0.3) is 0 Å². The van der Waals surface area contributed by atoms with Crippen LogP contribution in [-0.4, -0.2) is 16.1 Å². The molecular formula is C12H17N3O. The molecule has 1 N–H and O–H groups in total. The minimum absolute atomic E-state index is 0.0370.